The second-order valence-electron chi connectivity index (χ2n) is 10.9. The summed E-state index contributed by atoms with van der Waals surface area (Å²) in [4.78, 5) is 40.2. The van der Waals surface area contributed by atoms with Crippen molar-refractivity contribution in [2.75, 3.05) is 0 Å². The van der Waals surface area contributed by atoms with Gasteiger partial charge in [-0.1, -0.05) is 43.3 Å². The van der Waals surface area contributed by atoms with Crippen LogP contribution in [0.2, 0.25) is 0 Å². The van der Waals surface area contributed by atoms with E-state index in [0.29, 0.717) is 11.1 Å². The summed E-state index contributed by atoms with van der Waals surface area (Å²) >= 11 is 0. The second-order valence-corrected chi connectivity index (χ2v) is 10.9. The van der Waals surface area contributed by atoms with Crippen LogP contribution in [-0.2, 0) is 23.7 Å². The molecule has 2 aliphatic heterocycles. The summed E-state index contributed by atoms with van der Waals surface area (Å²) in [5, 5.41) is 11.7. The molecule has 2 saturated heterocycles. The largest absolute Gasteiger partial charge is 0.458 e. The number of rotatable bonds is 4. The van der Waals surface area contributed by atoms with Crippen molar-refractivity contribution in [1.29, 1.82) is 0 Å². The molecule has 0 aromatic heterocycles. The molecule has 2 aromatic rings. The monoisotopic (exact) mass is 508 g/mol. The Morgan fingerprint density at radius 2 is 1.41 bits per heavy atom. The quantitative estimate of drug-likeness (QED) is 0.487. The maximum atomic E-state index is 13.8. The van der Waals surface area contributed by atoms with Crippen LogP contribution >= 0.6 is 0 Å². The molecule has 7 unspecified atom stereocenters. The van der Waals surface area contributed by atoms with Gasteiger partial charge in [-0.2, -0.15) is 0 Å². The van der Waals surface area contributed by atoms with Crippen molar-refractivity contribution in [3.8, 4) is 0 Å². The summed E-state index contributed by atoms with van der Waals surface area (Å²) in [6, 6.07) is 17.1. The van der Waals surface area contributed by atoms with Crippen molar-refractivity contribution in [3.05, 3.63) is 71.8 Å². The third-order valence-corrected chi connectivity index (χ3v) is 8.67. The van der Waals surface area contributed by atoms with E-state index in [-0.39, 0.29) is 19.3 Å². The van der Waals surface area contributed by atoms with Gasteiger partial charge in [-0.05, 0) is 57.4 Å². The van der Waals surface area contributed by atoms with Gasteiger partial charge in [0, 0.05) is 12.8 Å². The van der Waals surface area contributed by atoms with E-state index in [4.69, 9.17) is 18.9 Å². The maximum absolute atomic E-state index is 13.8. The molecule has 37 heavy (non-hydrogen) atoms. The summed E-state index contributed by atoms with van der Waals surface area (Å²) in [7, 11) is 0. The molecule has 1 aliphatic carbocycles. The van der Waals surface area contributed by atoms with Gasteiger partial charge in [0.1, 0.15) is 17.8 Å². The van der Waals surface area contributed by atoms with Gasteiger partial charge in [0.05, 0.1) is 16.5 Å². The third kappa shape index (κ3) is 3.68. The van der Waals surface area contributed by atoms with Crippen LogP contribution in [0.15, 0.2) is 60.7 Å². The highest BCUT2D eigenvalue weighted by molar-refractivity contribution is 5.91. The Morgan fingerprint density at radius 1 is 0.892 bits per heavy atom. The van der Waals surface area contributed by atoms with Crippen molar-refractivity contribution in [3.63, 3.8) is 0 Å². The molecular formula is C29H32O8. The number of benzene rings is 2. The van der Waals surface area contributed by atoms with E-state index in [1.165, 1.54) is 6.92 Å². The minimum absolute atomic E-state index is 0.105. The van der Waals surface area contributed by atoms with Crippen molar-refractivity contribution < 1.29 is 38.4 Å². The van der Waals surface area contributed by atoms with E-state index < -0.39 is 58.4 Å². The molecule has 8 heteroatoms. The van der Waals surface area contributed by atoms with Crippen molar-refractivity contribution in [2.24, 2.45) is 11.3 Å². The predicted molar refractivity (Wildman–Crippen MR) is 131 cm³/mol. The molecule has 2 heterocycles. The van der Waals surface area contributed by atoms with Gasteiger partial charge in [0.25, 0.3) is 0 Å². The van der Waals surface area contributed by atoms with Gasteiger partial charge < -0.3 is 24.1 Å². The van der Waals surface area contributed by atoms with Gasteiger partial charge in [-0.15, -0.1) is 0 Å². The van der Waals surface area contributed by atoms with Crippen molar-refractivity contribution in [2.45, 2.75) is 76.2 Å². The molecule has 0 amide bonds. The lowest BCUT2D eigenvalue weighted by molar-refractivity contribution is -0.294. The molecule has 2 bridgehead atoms. The van der Waals surface area contributed by atoms with Gasteiger partial charge in [-0.3, -0.25) is 0 Å². The molecule has 3 aliphatic rings. The lowest BCUT2D eigenvalue weighted by Gasteiger charge is -2.57. The zero-order chi connectivity index (χ0) is 26.6. The SMILES string of the molecule is CC1CC(OC(=O)c2ccccc2)C2(C)C(OC(=O)c3ccccc3)CCC(C)(O)C23OC1(C)OC3=O. The van der Waals surface area contributed by atoms with E-state index in [0.717, 1.165) is 0 Å². The Balaban J connectivity index is 1.63. The highest BCUT2D eigenvalue weighted by Gasteiger charge is 2.81. The standard InChI is InChI=1S/C29H32O8/c1-18-17-22(35-24(31)20-13-9-6-10-14-20)27(3)21(34-23(30)19-11-7-5-8-12-19)15-16-26(2,33)29(27)25(32)36-28(18,4)37-29/h5-14,18,21-22,33H,15-17H2,1-4H3. The summed E-state index contributed by atoms with van der Waals surface area (Å²) in [6.07, 6.45) is -1.27. The lowest BCUT2D eigenvalue weighted by Crippen LogP contribution is -2.75. The minimum atomic E-state index is -1.94. The molecule has 2 aromatic carbocycles. The van der Waals surface area contributed by atoms with E-state index >= 15 is 0 Å². The molecule has 1 spiro atoms. The minimum Gasteiger partial charge on any atom is -0.458 e. The second kappa shape index (κ2) is 8.67. The first-order valence-corrected chi connectivity index (χ1v) is 12.6. The van der Waals surface area contributed by atoms with Gasteiger partial charge in [0.2, 0.25) is 11.4 Å². The lowest BCUT2D eigenvalue weighted by atomic mass is 9.53. The first kappa shape index (κ1) is 25.4. The van der Waals surface area contributed by atoms with Crippen LogP contribution in [0.25, 0.3) is 0 Å². The van der Waals surface area contributed by atoms with E-state index in [2.05, 4.69) is 0 Å². The highest BCUT2D eigenvalue weighted by atomic mass is 16.8. The average Bonchev–Trinajstić information content (AvgIpc) is 3.15. The van der Waals surface area contributed by atoms with Crippen LogP contribution < -0.4 is 0 Å². The fourth-order valence-electron chi connectivity index (χ4n) is 6.29. The van der Waals surface area contributed by atoms with Crippen molar-refractivity contribution in [1.82, 2.24) is 0 Å². The number of aliphatic hydroxyl groups is 1. The number of carbonyl (C=O) groups is 3. The predicted octanol–water partition coefficient (Wildman–Crippen LogP) is 4.06. The van der Waals surface area contributed by atoms with E-state index in [1.54, 1.807) is 74.5 Å². The fraction of sp³-hybridized carbons (Fsp3) is 0.483. The number of ether oxygens (including phenoxy) is 4. The van der Waals surface area contributed by atoms with Gasteiger partial charge in [-0.25, -0.2) is 14.4 Å². The Labute approximate surface area is 215 Å². The number of hydrogen-bond acceptors (Lipinski definition) is 8. The number of hydrogen-bond donors (Lipinski definition) is 1. The molecule has 196 valence electrons. The summed E-state index contributed by atoms with van der Waals surface area (Å²) in [6.45, 7) is 6.72. The van der Waals surface area contributed by atoms with Crippen molar-refractivity contribution >= 4 is 17.9 Å². The molecule has 1 saturated carbocycles. The molecule has 5 rings (SSSR count). The highest BCUT2D eigenvalue weighted by Crippen LogP contribution is 2.63. The fourth-order valence-corrected chi connectivity index (χ4v) is 6.29. The Morgan fingerprint density at radius 3 is 1.95 bits per heavy atom. The number of esters is 3. The zero-order valence-corrected chi connectivity index (χ0v) is 21.4. The van der Waals surface area contributed by atoms with Crippen LogP contribution in [-0.4, -0.2) is 52.2 Å². The average molecular weight is 509 g/mol. The number of carbonyl (C=O) groups excluding carboxylic acids is 3. The molecule has 7 atom stereocenters. The normalized spacial score (nSPS) is 38.6. The summed E-state index contributed by atoms with van der Waals surface area (Å²) < 4.78 is 24.4. The zero-order valence-electron chi connectivity index (χ0n) is 21.4. The Kier molecular flexibility index (Phi) is 5.96. The molecule has 0 radical (unpaired) electrons. The van der Waals surface area contributed by atoms with Crippen LogP contribution in [0.4, 0.5) is 0 Å². The van der Waals surface area contributed by atoms with Crippen LogP contribution in [0.3, 0.4) is 0 Å². The van der Waals surface area contributed by atoms with E-state index in [9.17, 15) is 19.5 Å². The first-order chi connectivity index (χ1) is 17.4. The van der Waals surface area contributed by atoms with Crippen LogP contribution in [0.5, 0.6) is 0 Å². The topological polar surface area (TPSA) is 108 Å². The molecule has 3 fully saturated rings. The smallest absolute Gasteiger partial charge is 0.345 e. The molecule has 8 nitrogen and oxygen atoms in total. The Bertz CT molecular complexity index is 1210. The molecule has 1 N–H and O–H groups in total. The van der Waals surface area contributed by atoms with Gasteiger partial charge in [0.15, 0.2) is 0 Å². The van der Waals surface area contributed by atoms with Crippen LogP contribution in [0, 0.1) is 11.3 Å². The Hall–Kier alpha value is -3.23. The summed E-state index contributed by atoms with van der Waals surface area (Å²) in [5.41, 5.74) is -4.41. The third-order valence-electron chi connectivity index (χ3n) is 8.67. The first-order valence-electron chi connectivity index (χ1n) is 12.6. The number of fused-ring (bicyclic) bond motifs is 1. The van der Waals surface area contributed by atoms with Gasteiger partial charge >= 0.3 is 17.9 Å². The summed E-state index contributed by atoms with van der Waals surface area (Å²) in [5.74, 6) is -3.67. The maximum Gasteiger partial charge on any atom is 0.345 e. The van der Waals surface area contributed by atoms with E-state index in [1.807, 2.05) is 6.92 Å². The van der Waals surface area contributed by atoms with Crippen LogP contribution in [0.1, 0.15) is 67.7 Å². The molecular weight excluding hydrogens is 476 g/mol.